The molecule has 2 N–H and O–H groups in total. The van der Waals surface area contributed by atoms with Gasteiger partial charge in [-0.15, -0.1) is 0 Å². The van der Waals surface area contributed by atoms with Crippen LogP contribution >= 0.6 is 11.6 Å². The molecular weight excluding hydrogens is 208 g/mol. The molecule has 1 aromatic carbocycles. The molecule has 1 unspecified atom stereocenters. The molecule has 1 atom stereocenters. The zero-order valence-electron chi connectivity index (χ0n) is 8.41. The molecule has 0 radical (unpaired) electrons. The fourth-order valence-corrected chi connectivity index (χ4v) is 2.62. The lowest BCUT2D eigenvalue weighted by Crippen LogP contribution is -2.20. The van der Waals surface area contributed by atoms with Crippen LogP contribution in [0.25, 0.3) is 10.9 Å². The van der Waals surface area contributed by atoms with Crippen LogP contribution in [-0.2, 0) is 6.54 Å². The van der Waals surface area contributed by atoms with Gasteiger partial charge in [-0.3, -0.25) is 0 Å². The van der Waals surface area contributed by atoms with Crippen LogP contribution in [0.3, 0.4) is 0 Å². The average molecular weight is 221 g/mol. The summed E-state index contributed by atoms with van der Waals surface area (Å²) in [4.78, 5) is 0. The number of halogens is 1. The van der Waals surface area contributed by atoms with Crippen molar-refractivity contribution in [3.63, 3.8) is 0 Å². The van der Waals surface area contributed by atoms with Crippen molar-refractivity contribution in [1.82, 2.24) is 4.57 Å². The molecule has 3 rings (SSSR count). The second kappa shape index (κ2) is 3.26. The third-order valence-electron chi connectivity index (χ3n) is 3.17. The maximum Gasteiger partial charge on any atom is 0.0484 e. The minimum absolute atomic E-state index is 0.185. The van der Waals surface area contributed by atoms with Crippen molar-refractivity contribution in [1.29, 1.82) is 0 Å². The van der Waals surface area contributed by atoms with Gasteiger partial charge >= 0.3 is 0 Å². The highest BCUT2D eigenvalue weighted by Crippen LogP contribution is 2.31. The van der Waals surface area contributed by atoms with E-state index in [4.69, 9.17) is 17.3 Å². The number of aryl methyl sites for hydroxylation is 1. The predicted octanol–water partition coefficient (Wildman–Crippen LogP) is 3.09. The molecule has 2 heterocycles. The largest absolute Gasteiger partial charge is 0.343 e. The van der Waals surface area contributed by atoms with E-state index in [-0.39, 0.29) is 6.04 Å². The zero-order valence-corrected chi connectivity index (χ0v) is 9.17. The first-order chi connectivity index (χ1) is 7.25. The first kappa shape index (κ1) is 9.25. The van der Waals surface area contributed by atoms with Crippen LogP contribution in [0.4, 0.5) is 0 Å². The van der Waals surface area contributed by atoms with Gasteiger partial charge in [-0.2, -0.15) is 0 Å². The van der Waals surface area contributed by atoms with E-state index < -0.39 is 0 Å². The number of nitrogens with zero attached hydrogens (tertiary/aromatic N) is 1. The van der Waals surface area contributed by atoms with E-state index in [0.717, 1.165) is 18.0 Å². The van der Waals surface area contributed by atoms with Crippen molar-refractivity contribution >= 4 is 22.5 Å². The Bertz CT molecular complexity index is 516. The molecule has 0 saturated carbocycles. The Morgan fingerprint density at radius 2 is 2.20 bits per heavy atom. The lowest BCUT2D eigenvalue weighted by molar-refractivity contribution is 0.471. The second-order valence-corrected chi connectivity index (χ2v) is 4.61. The topological polar surface area (TPSA) is 30.9 Å². The summed E-state index contributed by atoms with van der Waals surface area (Å²) >= 11 is 5.98. The van der Waals surface area contributed by atoms with Crippen molar-refractivity contribution in [2.45, 2.75) is 25.4 Å². The van der Waals surface area contributed by atoms with E-state index >= 15 is 0 Å². The standard InChI is InChI=1S/C12H13ClN2/c13-9-3-4-11-8(6-9)7-12-10(14)2-1-5-15(11)12/h3-4,6-7,10H,1-2,5,14H2. The molecule has 2 aromatic rings. The van der Waals surface area contributed by atoms with E-state index in [1.54, 1.807) is 0 Å². The van der Waals surface area contributed by atoms with Gasteiger partial charge in [0.1, 0.15) is 0 Å². The molecule has 0 aliphatic carbocycles. The van der Waals surface area contributed by atoms with Gasteiger partial charge in [0.2, 0.25) is 0 Å². The molecule has 0 fully saturated rings. The Labute approximate surface area is 93.6 Å². The van der Waals surface area contributed by atoms with Crippen molar-refractivity contribution in [2.24, 2.45) is 5.73 Å². The van der Waals surface area contributed by atoms with Gasteiger partial charge in [0.05, 0.1) is 0 Å². The van der Waals surface area contributed by atoms with E-state index in [9.17, 15) is 0 Å². The van der Waals surface area contributed by atoms with Gasteiger partial charge in [-0.1, -0.05) is 11.6 Å². The highest BCUT2D eigenvalue weighted by atomic mass is 35.5. The van der Waals surface area contributed by atoms with Crippen molar-refractivity contribution in [3.8, 4) is 0 Å². The molecule has 1 aliphatic heterocycles. The first-order valence-electron chi connectivity index (χ1n) is 5.30. The molecule has 1 aliphatic rings. The number of aromatic nitrogens is 1. The zero-order chi connectivity index (χ0) is 10.4. The molecule has 0 saturated heterocycles. The van der Waals surface area contributed by atoms with Crippen LogP contribution < -0.4 is 5.73 Å². The van der Waals surface area contributed by atoms with E-state index in [1.807, 2.05) is 12.1 Å². The summed E-state index contributed by atoms with van der Waals surface area (Å²) in [7, 11) is 0. The molecule has 1 aromatic heterocycles. The highest BCUT2D eigenvalue weighted by molar-refractivity contribution is 6.31. The highest BCUT2D eigenvalue weighted by Gasteiger charge is 2.18. The van der Waals surface area contributed by atoms with E-state index in [2.05, 4.69) is 16.7 Å². The summed E-state index contributed by atoms with van der Waals surface area (Å²) in [6.07, 6.45) is 2.25. The Kier molecular flexibility index (Phi) is 2.01. The summed E-state index contributed by atoms with van der Waals surface area (Å²) in [6, 6.07) is 8.39. The van der Waals surface area contributed by atoms with Crippen LogP contribution in [0.15, 0.2) is 24.3 Å². The predicted molar refractivity (Wildman–Crippen MR) is 63.1 cm³/mol. The van der Waals surface area contributed by atoms with Crippen LogP contribution in [0.1, 0.15) is 24.6 Å². The van der Waals surface area contributed by atoms with E-state index in [0.29, 0.717) is 0 Å². The summed E-state index contributed by atoms with van der Waals surface area (Å²) in [5.41, 5.74) is 8.60. The lowest BCUT2D eigenvalue weighted by Gasteiger charge is -2.21. The number of rotatable bonds is 0. The van der Waals surface area contributed by atoms with Crippen molar-refractivity contribution < 1.29 is 0 Å². The van der Waals surface area contributed by atoms with Crippen molar-refractivity contribution in [3.05, 3.63) is 35.0 Å². The summed E-state index contributed by atoms with van der Waals surface area (Å²) in [6.45, 7) is 1.08. The number of fused-ring (bicyclic) bond motifs is 3. The number of hydrogen-bond donors (Lipinski definition) is 1. The smallest absolute Gasteiger partial charge is 0.0484 e. The second-order valence-electron chi connectivity index (χ2n) is 4.17. The average Bonchev–Trinajstić information content (AvgIpc) is 2.57. The maximum absolute atomic E-state index is 6.09. The molecule has 78 valence electrons. The van der Waals surface area contributed by atoms with Gasteiger partial charge in [-0.05, 0) is 37.1 Å². The number of nitrogens with two attached hydrogens (primary N) is 1. The van der Waals surface area contributed by atoms with Gasteiger partial charge in [-0.25, -0.2) is 0 Å². The van der Waals surface area contributed by atoms with E-state index in [1.165, 1.54) is 23.0 Å². The minimum Gasteiger partial charge on any atom is -0.343 e. The monoisotopic (exact) mass is 220 g/mol. The quantitative estimate of drug-likeness (QED) is 0.727. The molecule has 0 bridgehead atoms. The van der Waals surface area contributed by atoms with Crippen LogP contribution in [0, 0.1) is 0 Å². The third-order valence-corrected chi connectivity index (χ3v) is 3.41. The molecule has 0 amide bonds. The fourth-order valence-electron chi connectivity index (χ4n) is 2.44. The molecule has 3 heteroatoms. The van der Waals surface area contributed by atoms with Crippen LogP contribution in [0.5, 0.6) is 0 Å². The lowest BCUT2D eigenvalue weighted by atomic mass is 10.1. The molecular formula is C12H13ClN2. The number of hydrogen-bond acceptors (Lipinski definition) is 1. The van der Waals surface area contributed by atoms with Crippen LogP contribution in [-0.4, -0.2) is 4.57 Å². The molecule has 0 spiro atoms. The number of benzene rings is 1. The minimum atomic E-state index is 0.185. The fraction of sp³-hybridized carbons (Fsp3) is 0.333. The first-order valence-corrected chi connectivity index (χ1v) is 5.68. The van der Waals surface area contributed by atoms with Gasteiger partial charge < -0.3 is 10.3 Å². The molecule has 2 nitrogen and oxygen atoms in total. The Hall–Kier alpha value is -0.990. The summed E-state index contributed by atoms with van der Waals surface area (Å²) in [5, 5.41) is 1.99. The SMILES string of the molecule is NC1CCCn2c1cc1cc(Cl)ccc12. The Balaban J connectivity index is 2.30. The Morgan fingerprint density at radius 1 is 1.33 bits per heavy atom. The molecule has 15 heavy (non-hydrogen) atoms. The maximum atomic E-state index is 6.09. The van der Waals surface area contributed by atoms with Gasteiger partial charge in [0, 0.05) is 34.2 Å². The van der Waals surface area contributed by atoms with Gasteiger partial charge in [0.25, 0.3) is 0 Å². The van der Waals surface area contributed by atoms with Crippen molar-refractivity contribution in [2.75, 3.05) is 0 Å². The normalized spacial score (nSPS) is 20.5. The summed E-state index contributed by atoms with van der Waals surface area (Å²) < 4.78 is 2.32. The van der Waals surface area contributed by atoms with Crippen LogP contribution in [0.2, 0.25) is 5.02 Å². The third kappa shape index (κ3) is 1.36. The Morgan fingerprint density at radius 3 is 3.07 bits per heavy atom. The summed E-state index contributed by atoms with van der Waals surface area (Å²) in [5.74, 6) is 0. The van der Waals surface area contributed by atoms with Gasteiger partial charge in [0.15, 0.2) is 0 Å².